The summed E-state index contributed by atoms with van der Waals surface area (Å²) >= 11 is 0. The van der Waals surface area contributed by atoms with Crippen molar-refractivity contribution in [1.82, 2.24) is 0 Å². The van der Waals surface area contributed by atoms with Crippen LogP contribution in [0, 0.1) is 0 Å². The lowest BCUT2D eigenvalue weighted by atomic mass is 10.5. The molecule has 25 heavy (non-hydrogen) atoms. The van der Waals surface area contributed by atoms with E-state index in [1.54, 1.807) is 14.2 Å². The molecule has 0 aromatic carbocycles. The van der Waals surface area contributed by atoms with Crippen molar-refractivity contribution < 1.29 is 31.9 Å². The average Bonchev–Trinajstić information content (AvgIpc) is 3.49. The van der Waals surface area contributed by atoms with Crippen LogP contribution in [-0.2, 0) is 31.9 Å². The van der Waals surface area contributed by atoms with Crippen LogP contribution >= 0.6 is 0 Å². The van der Waals surface area contributed by atoms with Gasteiger partial charge in [-0.15, -0.1) is 0 Å². The van der Waals surface area contributed by atoms with E-state index in [1.807, 2.05) is 0 Å². The molecule has 2 heterocycles. The van der Waals surface area contributed by atoms with Crippen LogP contribution in [0.3, 0.4) is 0 Å². The summed E-state index contributed by atoms with van der Waals surface area (Å²) in [4.78, 5) is 0. The maximum absolute atomic E-state index is 6.48. The highest BCUT2D eigenvalue weighted by Gasteiger charge is 2.41. The number of epoxide rings is 2. The van der Waals surface area contributed by atoms with Crippen LogP contribution < -0.4 is 0 Å². The van der Waals surface area contributed by atoms with E-state index in [9.17, 15) is 0 Å². The molecule has 2 aliphatic heterocycles. The molecule has 2 saturated heterocycles. The lowest BCUT2D eigenvalue weighted by Crippen LogP contribution is -2.51. The highest BCUT2D eigenvalue weighted by molar-refractivity contribution is 6.80. The average molecular weight is 395 g/mol. The van der Waals surface area contributed by atoms with Crippen molar-refractivity contribution in [3.8, 4) is 0 Å². The minimum Gasteiger partial charge on any atom is -0.415 e. The topological polar surface area (TPSA) is 71.2 Å². The summed E-state index contributed by atoms with van der Waals surface area (Å²) in [5.74, 6) is 0. The van der Waals surface area contributed by atoms with Gasteiger partial charge in [-0.05, 0) is 38.0 Å². The molecule has 0 saturated carbocycles. The Hall–Kier alpha value is 0.154. The van der Waals surface area contributed by atoms with Crippen molar-refractivity contribution in [1.29, 1.82) is 0 Å². The van der Waals surface area contributed by atoms with Gasteiger partial charge in [0, 0.05) is 27.4 Å². The summed E-state index contributed by atoms with van der Waals surface area (Å²) < 4.78 is 39.5. The van der Waals surface area contributed by atoms with Crippen molar-refractivity contribution in [2.24, 2.45) is 0 Å². The molecule has 4 atom stereocenters. The predicted octanol–water partition coefficient (Wildman–Crippen LogP) is 2.05. The van der Waals surface area contributed by atoms with Crippen LogP contribution in [0.25, 0.3) is 0 Å². The van der Waals surface area contributed by atoms with Crippen molar-refractivity contribution in [2.45, 2.75) is 50.2 Å². The van der Waals surface area contributed by atoms with Gasteiger partial charge in [0.2, 0.25) is 0 Å². The van der Waals surface area contributed by atoms with E-state index in [2.05, 4.69) is 13.1 Å². The molecule has 0 bridgehead atoms. The van der Waals surface area contributed by atoms with Crippen molar-refractivity contribution in [2.75, 3.05) is 53.9 Å². The fourth-order valence-electron chi connectivity index (χ4n) is 2.60. The molecule has 148 valence electrons. The number of ether oxygens (including phenoxy) is 4. The Balaban J connectivity index is 1.63. The van der Waals surface area contributed by atoms with Gasteiger partial charge in [-0.25, -0.2) is 0 Å². The second-order valence-electron chi connectivity index (χ2n) is 7.05. The molecule has 9 heteroatoms. The fraction of sp³-hybridized carbons (Fsp3) is 1.00. The second kappa shape index (κ2) is 10.5. The van der Waals surface area contributed by atoms with Gasteiger partial charge >= 0.3 is 17.1 Å². The molecule has 0 amide bonds. The third kappa shape index (κ3) is 9.07. The smallest absolute Gasteiger partial charge is 0.325 e. The summed E-state index contributed by atoms with van der Waals surface area (Å²) in [6, 6.07) is 1.80. The first kappa shape index (κ1) is 21.5. The van der Waals surface area contributed by atoms with Gasteiger partial charge < -0.3 is 31.9 Å². The number of hydrogen-bond acceptors (Lipinski definition) is 7. The van der Waals surface area contributed by atoms with E-state index in [4.69, 9.17) is 31.9 Å². The Labute approximate surface area is 153 Å². The van der Waals surface area contributed by atoms with Crippen molar-refractivity contribution >= 4 is 17.1 Å². The van der Waals surface area contributed by atoms with E-state index in [-0.39, 0.29) is 0 Å². The molecule has 0 spiro atoms. The zero-order valence-electron chi connectivity index (χ0n) is 16.1. The second-order valence-corrected chi connectivity index (χ2v) is 14.2. The molecule has 0 N–H and O–H groups in total. The zero-order chi connectivity index (χ0) is 18.2. The SMILES string of the molecule is CO[Si](C)(CCCOCC1CO1)O[Si](C)(CCCOCC1CO1)OC. The molecular weight excluding hydrogens is 360 g/mol. The van der Waals surface area contributed by atoms with Crippen LogP contribution in [0.2, 0.25) is 25.2 Å². The van der Waals surface area contributed by atoms with Gasteiger partial charge in [0.05, 0.1) is 26.4 Å². The molecule has 2 rings (SSSR count). The number of rotatable bonds is 16. The summed E-state index contributed by atoms with van der Waals surface area (Å²) in [5.41, 5.74) is 0. The Kier molecular flexibility index (Phi) is 8.99. The molecular formula is C16H34O7Si2. The third-order valence-corrected chi connectivity index (χ3v) is 12.3. The number of hydrogen-bond donors (Lipinski definition) is 0. The Morgan fingerprint density at radius 2 is 1.20 bits per heavy atom. The minimum atomic E-state index is -2.25. The Morgan fingerprint density at radius 1 is 0.800 bits per heavy atom. The monoisotopic (exact) mass is 394 g/mol. The molecule has 0 radical (unpaired) electrons. The molecule has 2 fully saturated rings. The van der Waals surface area contributed by atoms with Gasteiger partial charge in [0.15, 0.2) is 0 Å². The van der Waals surface area contributed by atoms with Gasteiger partial charge in [-0.3, -0.25) is 0 Å². The van der Waals surface area contributed by atoms with Crippen molar-refractivity contribution in [3.63, 3.8) is 0 Å². The van der Waals surface area contributed by atoms with Crippen LogP contribution in [0.5, 0.6) is 0 Å². The van der Waals surface area contributed by atoms with Gasteiger partial charge in [-0.2, -0.15) is 0 Å². The molecule has 4 unspecified atom stereocenters. The first-order valence-corrected chi connectivity index (χ1v) is 14.2. The van der Waals surface area contributed by atoms with Crippen LogP contribution in [-0.4, -0.2) is 83.2 Å². The van der Waals surface area contributed by atoms with Gasteiger partial charge in [0.1, 0.15) is 12.2 Å². The highest BCUT2D eigenvalue weighted by atomic mass is 28.5. The fourth-order valence-corrected chi connectivity index (χ4v) is 9.71. The first-order chi connectivity index (χ1) is 12.0. The van der Waals surface area contributed by atoms with E-state index in [0.29, 0.717) is 25.4 Å². The minimum absolute atomic E-state index is 0.320. The molecule has 2 aliphatic rings. The Morgan fingerprint density at radius 3 is 1.52 bits per heavy atom. The summed E-state index contributed by atoms with van der Waals surface area (Å²) in [5, 5.41) is 0. The van der Waals surface area contributed by atoms with Gasteiger partial charge in [0.25, 0.3) is 0 Å². The summed E-state index contributed by atoms with van der Waals surface area (Å²) in [6.45, 7) is 8.73. The lowest BCUT2D eigenvalue weighted by molar-refractivity contribution is 0.113. The molecule has 7 nitrogen and oxygen atoms in total. The van der Waals surface area contributed by atoms with Crippen molar-refractivity contribution in [3.05, 3.63) is 0 Å². The lowest BCUT2D eigenvalue weighted by Gasteiger charge is -2.35. The van der Waals surface area contributed by atoms with E-state index >= 15 is 0 Å². The maximum atomic E-state index is 6.48. The highest BCUT2D eigenvalue weighted by Crippen LogP contribution is 2.25. The predicted molar refractivity (Wildman–Crippen MR) is 98.3 cm³/mol. The van der Waals surface area contributed by atoms with Crippen LogP contribution in [0.15, 0.2) is 0 Å². The summed E-state index contributed by atoms with van der Waals surface area (Å²) in [6.07, 6.45) is 2.50. The van der Waals surface area contributed by atoms with Crippen LogP contribution in [0.1, 0.15) is 12.8 Å². The maximum Gasteiger partial charge on any atom is 0.325 e. The largest absolute Gasteiger partial charge is 0.415 e. The Bertz CT molecular complexity index is 347. The molecule has 0 aromatic rings. The normalized spacial score (nSPS) is 26.9. The summed E-state index contributed by atoms with van der Waals surface area (Å²) in [7, 11) is -1.02. The quantitative estimate of drug-likeness (QED) is 0.225. The zero-order valence-corrected chi connectivity index (χ0v) is 18.1. The van der Waals surface area contributed by atoms with E-state index < -0.39 is 17.1 Å². The van der Waals surface area contributed by atoms with Gasteiger partial charge in [-0.1, -0.05) is 0 Å². The molecule has 0 aliphatic carbocycles. The van der Waals surface area contributed by atoms with Crippen LogP contribution in [0.4, 0.5) is 0 Å². The third-order valence-electron chi connectivity index (χ3n) is 4.55. The molecule has 0 aromatic heterocycles. The van der Waals surface area contributed by atoms with E-state index in [0.717, 1.165) is 51.4 Å². The van der Waals surface area contributed by atoms with E-state index in [1.165, 1.54) is 0 Å². The first-order valence-electron chi connectivity index (χ1n) is 9.18. The standard InChI is InChI=1S/C16H34O7Si2/c1-17-24(3,9-5-7-19-11-15-13-21-15)23-25(4,18-2)10-6-8-20-12-16-14-22-16/h15-16H,5-14H2,1-4H3.